The Kier molecular flexibility index (Phi) is 6.74. The number of rotatable bonds is 6. The van der Waals surface area contributed by atoms with Crippen molar-refractivity contribution in [1.82, 2.24) is 9.97 Å². The van der Waals surface area contributed by atoms with E-state index >= 15 is 0 Å². The molecule has 0 spiro atoms. The van der Waals surface area contributed by atoms with Crippen LogP contribution in [0.2, 0.25) is 15.1 Å². The second kappa shape index (κ2) is 9.26. The number of carbonyl (C=O) groups is 2. The van der Waals surface area contributed by atoms with Crippen LogP contribution in [-0.4, -0.2) is 35.1 Å². The highest BCUT2D eigenvalue weighted by atomic mass is 35.5. The summed E-state index contributed by atoms with van der Waals surface area (Å²) in [6.07, 6.45) is 1.38. The third kappa shape index (κ3) is 5.47. The molecular weight excluding hydrogens is 441 g/mol. The van der Waals surface area contributed by atoms with Gasteiger partial charge in [-0.3, -0.25) is 4.79 Å². The fourth-order valence-corrected chi connectivity index (χ4v) is 3.06. The van der Waals surface area contributed by atoms with Crippen LogP contribution in [0.5, 0.6) is 5.75 Å². The molecule has 3 rings (SSSR count). The molecule has 0 aliphatic rings. The predicted octanol–water partition coefficient (Wildman–Crippen LogP) is 4.46. The summed E-state index contributed by atoms with van der Waals surface area (Å²) >= 11 is 18.1. The van der Waals surface area contributed by atoms with Crippen LogP contribution in [0.15, 0.2) is 36.5 Å². The second-order valence-electron chi connectivity index (χ2n) is 5.88. The first-order valence-corrected chi connectivity index (χ1v) is 9.42. The van der Waals surface area contributed by atoms with E-state index in [1.807, 2.05) is 0 Å². The summed E-state index contributed by atoms with van der Waals surface area (Å²) < 4.78 is 10.4. The minimum Gasteiger partial charge on any atom is -0.478 e. The maximum Gasteiger partial charge on any atom is 0.344 e. The van der Waals surface area contributed by atoms with Crippen molar-refractivity contribution in [2.45, 2.75) is 6.92 Å². The SMILES string of the molecule is Cc1ccc2c(Cl)cc(Cl)c(OCC(=O)OCC(=O)Nc3ccc(Cl)cn3)c2n1. The fourth-order valence-electron chi connectivity index (χ4n) is 2.37. The molecule has 3 aromatic rings. The first-order valence-electron chi connectivity index (χ1n) is 8.28. The minimum atomic E-state index is -0.754. The number of halogens is 3. The Morgan fingerprint density at radius 2 is 1.86 bits per heavy atom. The molecule has 1 aromatic carbocycles. The van der Waals surface area contributed by atoms with Gasteiger partial charge in [0.1, 0.15) is 11.3 Å². The van der Waals surface area contributed by atoms with E-state index in [4.69, 9.17) is 44.3 Å². The van der Waals surface area contributed by atoms with Crippen LogP contribution in [0, 0.1) is 6.92 Å². The molecular formula is C19H14Cl3N3O4. The molecule has 0 atom stereocenters. The number of pyridine rings is 2. The molecule has 0 unspecified atom stereocenters. The van der Waals surface area contributed by atoms with Crippen LogP contribution in [0.3, 0.4) is 0 Å². The predicted molar refractivity (Wildman–Crippen MR) is 111 cm³/mol. The topological polar surface area (TPSA) is 90.4 Å². The van der Waals surface area contributed by atoms with Crippen molar-refractivity contribution in [2.75, 3.05) is 18.5 Å². The van der Waals surface area contributed by atoms with Gasteiger partial charge in [0.15, 0.2) is 19.0 Å². The number of esters is 1. The molecule has 0 aliphatic carbocycles. The highest BCUT2D eigenvalue weighted by Crippen LogP contribution is 2.37. The van der Waals surface area contributed by atoms with Crippen LogP contribution >= 0.6 is 34.8 Å². The summed E-state index contributed by atoms with van der Waals surface area (Å²) in [7, 11) is 0. The van der Waals surface area contributed by atoms with Crippen molar-refractivity contribution in [2.24, 2.45) is 0 Å². The summed E-state index contributed by atoms with van der Waals surface area (Å²) in [6, 6.07) is 8.19. The Hall–Kier alpha value is -2.61. The van der Waals surface area contributed by atoms with Gasteiger partial charge in [0.25, 0.3) is 5.91 Å². The first kappa shape index (κ1) is 21.1. The van der Waals surface area contributed by atoms with Crippen molar-refractivity contribution >= 4 is 63.4 Å². The quantitative estimate of drug-likeness (QED) is 0.553. The standard InChI is InChI=1S/C19H14Cl3N3O4/c1-10-2-4-12-13(21)6-14(22)19(18(12)24-10)29-9-17(27)28-8-16(26)25-15-5-3-11(20)7-23-15/h2-7H,8-9H2,1H3,(H,23,25,26). The Balaban J connectivity index is 1.59. The third-order valence-electron chi connectivity index (χ3n) is 3.67. The molecule has 0 saturated carbocycles. The van der Waals surface area contributed by atoms with Crippen molar-refractivity contribution in [3.8, 4) is 5.75 Å². The third-order valence-corrected chi connectivity index (χ3v) is 4.49. The van der Waals surface area contributed by atoms with E-state index in [1.165, 1.54) is 18.3 Å². The molecule has 1 N–H and O–H groups in total. The number of fused-ring (bicyclic) bond motifs is 1. The Morgan fingerprint density at radius 3 is 2.59 bits per heavy atom. The van der Waals surface area contributed by atoms with Gasteiger partial charge in [0.2, 0.25) is 0 Å². The average Bonchev–Trinajstić information content (AvgIpc) is 2.67. The zero-order valence-electron chi connectivity index (χ0n) is 15.0. The molecule has 7 nitrogen and oxygen atoms in total. The lowest BCUT2D eigenvalue weighted by Crippen LogP contribution is -2.24. The van der Waals surface area contributed by atoms with E-state index in [2.05, 4.69) is 15.3 Å². The van der Waals surface area contributed by atoms with Gasteiger partial charge in [-0.2, -0.15) is 0 Å². The molecule has 0 radical (unpaired) electrons. The molecule has 29 heavy (non-hydrogen) atoms. The lowest BCUT2D eigenvalue weighted by atomic mass is 10.2. The van der Waals surface area contributed by atoms with Gasteiger partial charge in [-0.25, -0.2) is 14.8 Å². The molecule has 0 aliphatic heterocycles. The number of nitrogens with zero attached hydrogens (tertiary/aromatic N) is 2. The molecule has 0 fully saturated rings. The van der Waals surface area contributed by atoms with E-state index in [-0.39, 0.29) is 16.6 Å². The van der Waals surface area contributed by atoms with E-state index in [0.717, 1.165) is 5.69 Å². The largest absolute Gasteiger partial charge is 0.478 e. The van der Waals surface area contributed by atoms with Gasteiger partial charge >= 0.3 is 5.97 Å². The maximum atomic E-state index is 11.9. The summed E-state index contributed by atoms with van der Waals surface area (Å²) in [5, 5.41) is 4.17. The maximum absolute atomic E-state index is 11.9. The van der Waals surface area contributed by atoms with E-state index < -0.39 is 25.1 Å². The monoisotopic (exact) mass is 453 g/mol. The van der Waals surface area contributed by atoms with Crippen LogP contribution in [0.4, 0.5) is 5.82 Å². The summed E-state index contributed by atoms with van der Waals surface area (Å²) in [6.45, 7) is 0.845. The highest BCUT2D eigenvalue weighted by molar-refractivity contribution is 6.39. The summed E-state index contributed by atoms with van der Waals surface area (Å²) in [4.78, 5) is 32.1. The number of carbonyl (C=O) groups excluding carboxylic acids is 2. The van der Waals surface area contributed by atoms with Crippen LogP contribution in [0.1, 0.15) is 5.69 Å². The van der Waals surface area contributed by atoms with Crippen molar-refractivity contribution in [1.29, 1.82) is 0 Å². The molecule has 150 valence electrons. The van der Waals surface area contributed by atoms with Crippen LogP contribution in [-0.2, 0) is 14.3 Å². The molecule has 2 aromatic heterocycles. The molecule has 2 heterocycles. The number of hydrogen-bond acceptors (Lipinski definition) is 6. The van der Waals surface area contributed by atoms with Crippen LogP contribution < -0.4 is 10.1 Å². The Morgan fingerprint density at radius 1 is 1.07 bits per heavy atom. The van der Waals surface area contributed by atoms with Gasteiger partial charge in [-0.05, 0) is 37.3 Å². The number of anilines is 1. The van der Waals surface area contributed by atoms with Gasteiger partial charge in [-0.15, -0.1) is 0 Å². The van der Waals surface area contributed by atoms with Gasteiger partial charge < -0.3 is 14.8 Å². The van der Waals surface area contributed by atoms with Crippen molar-refractivity contribution in [3.05, 3.63) is 57.3 Å². The normalized spacial score (nSPS) is 10.6. The lowest BCUT2D eigenvalue weighted by Gasteiger charge is -2.12. The highest BCUT2D eigenvalue weighted by Gasteiger charge is 2.16. The smallest absolute Gasteiger partial charge is 0.344 e. The summed E-state index contributed by atoms with van der Waals surface area (Å²) in [5.41, 5.74) is 1.16. The number of benzene rings is 1. The number of amides is 1. The molecule has 0 bridgehead atoms. The molecule has 1 amide bonds. The first-order chi connectivity index (χ1) is 13.8. The number of nitrogens with one attached hydrogen (secondary N) is 1. The number of hydrogen-bond donors (Lipinski definition) is 1. The van der Waals surface area contributed by atoms with Gasteiger partial charge in [0.05, 0.1) is 15.1 Å². The number of aromatic nitrogens is 2. The Bertz CT molecular complexity index is 1070. The zero-order chi connectivity index (χ0) is 21.0. The van der Waals surface area contributed by atoms with Gasteiger partial charge in [-0.1, -0.05) is 34.8 Å². The second-order valence-corrected chi connectivity index (χ2v) is 7.13. The van der Waals surface area contributed by atoms with E-state index in [1.54, 1.807) is 25.1 Å². The molecule has 0 saturated heterocycles. The lowest BCUT2D eigenvalue weighted by molar-refractivity contribution is -0.149. The van der Waals surface area contributed by atoms with Gasteiger partial charge in [0, 0.05) is 17.3 Å². The van der Waals surface area contributed by atoms with E-state index in [9.17, 15) is 9.59 Å². The van der Waals surface area contributed by atoms with Crippen molar-refractivity contribution < 1.29 is 19.1 Å². The Labute approximate surface area is 180 Å². The van der Waals surface area contributed by atoms with E-state index in [0.29, 0.717) is 20.9 Å². The zero-order valence-corrected chi connectivity index (χ0v) is 17.3. The minimum absolute atomic E-state index is 0.208. The summed E-state index contributed by atoms with van der Waals surface area (Å²) in [5.74, 6) is -0.814. The average molecular weight is 455 g/mol. The number of ether oxygens (including phenoxy) is 2. The number of aryl methyl sites for hydroxylation is 1. The van der Waals surface area contributed by atoms with Crippen LogP contribution in [0.25, 0.3) is 10.9 Å². The van der Waals surface area contributed by atoms with Crippen molar-refractivity contribution in [3.63, 3.8) is 0 Å². The molecule has 10 heteroatoms. The fraction of sp³-hybridized carbons (Fsp3) is 0.158.